The molecule has 0 atom stereocenters. The summed E-state index contributed by atoms with van der Waals surface area (Å²) in [5, 5.41) is 9.61. The number of fused-ring (bicyclic) bond motifs is 1. The van der Waals surface area contributed by atoms with Crippen LogP contribution >= 0.6 is 0 Å². The van der Waals surface area contributed by atoms with Gasteiger partial charge in [0.05, 0.1) is 12.5 Å². The molecule has 0 bridgehead atoms. The van der Waals surface area contributed by atoms with Gasteiger partial charge in [-0.2, -0.15) is 10.2 Å². The zero-order valence-corrected chi connectivity index (χ0v) is 12.6. The number of methoxy groups -OCH3 is 1. The van der Waals surface area contributed by atoms with Gasteiger partial charge in [0.15, 0.2) is 5.65 Å². The molecule has 0 aliphatic carbocycles. The lowest BCUT2D eigenvalue weighted by molar-refractivity contribution is 0.415. The molecule has 9 heteroatoms. The van der Waals surface area contributed by atoms with Crippen LogP contribution < -0.4 is 27.3 Å². The number of pyridine rings is 1. The second kappa shape index (κ2) is 5.86. The summed E-state index contributed by atoms with van der Waals surface area (Å²) in [5.41, 5.74) is 8.82. The molecule has 2 heterocycles. The maximum Gasteiger partial charge on any atom is 0.262 e. The van der Waals surface area contributed by atoms with Crippen LogP contribution in [-0.4, -0.2) is 22.1 Å². The number of nitrogens with zero attached hydrogens (tertiary/aromatic N) is 3. The molecule has 3 rings (SSSR count). The summed E-state index contributed by atoms with van der Waals surface area (Å²) in [6.45, 7) is 0. The third-order valence-corrected chi connectivity index (χ3v) is 3.51. The Morgan fingerprint density at radius 3 is 2.58 bits per heavy atom. The Morgan fingerprint density at radius 1 is 1.29 bits per heavy atom. The summed E-state index contributed by atoms with van der Waals surface area (Å²) in [6.07, 6.45) is 0. The van der Waals surface area contributed by atoms with Crippen LogP contribution in [-0.2, 0) is 0 Å². The molecule has 1 aromatic carbocycles. The molecular formula is C15H13N7O2. The van der Waals surface area contributed by atoms with Gasteiger partial charge >= 0.3 is 0 Å². The number of hydrazine groups is 1. The van der Waals surface area contributed by atoms with Crippen molar-refractivity contribution in [1.82, 2.24) is 15.0 Å². The molecular weight excluding hydrogens is 310 g/mol. The van der Waals surface area contributed by atoms with Crippen LogP contribution in [0, 0.1) is 11.3 Å². The molecule has 0 amide bonds. The number of nitriles is 1. The highest BCUT2D eigenvalue weighted by atomic mass is 16.5. The van der Waals surface area contributed by atoms with E-state index in [1.54, 1.807) is 31.4 Å². The van der Waals surface area contributed by atoms with Crippen molar-refractivity contribution in [3.63, 3.8) is 0 Å². The number of aromatic amines is 1. The molecule has 0 aliphatic heterocycles. The molecule has 0 aliphatic rings. The van der Waals surface area contributed by atoms with Crippen LogP contribution in [0.4, 0.5) is 11.8 Å². The number of nitrogens with two attached hydrogens (primary N) is 2. The summed E-state index contributed by atoms with van der Waals surface area (Å²) in [7, 11) is 1.55. The van der Waals surface area contributed by atoms with Gasteiger partial charge in [-0.1, -0.05) is 12.1 Å². The Morgan fingerprint density at radius 2 is 2.00 bits per heavy atom. The van der Waals surface area contributed by atoms with Crippen molar-refractivity contribution in [3.05, 3.63) is 40.2 Å². The van der Waals surface area contributed by atoms with Gasteiger partial charge in [-0.15, -0.1) is 0 Å². The molecule has 0 saturated carbocycles. The minimum atomic E-state index is -0.484. The number of nitrogen functional groups attached to an aromatic ring is 2. The van der Waals surface area contributed by atoms with Crippen LogP contribution in [0.5, 0.6) is 5.75 Å². The van der Waals surface area contributed by atoms with Gasteiger partial charge in [0.1, 0.15) is 23.2 Å². The van der Waals surface area contributed by atoms with E-state index in [4.69, 9.17) is 16.3 Å². The second-order valence-corrected chi connectivity index (χ2v) is 4.84. The van der Waals surface area contributed by atoms with Crippen molar-refractivity contribution in [3.8, 4) is 22.9 Å². The summed E-state index contributed by atoms with van der Waals surface area (Å²) < 4.78 is 5.12. The fourth-order valence-electron chi connectivity index (χ4n) is 2.42. The van der Waals surface area contributed by atoms with Gasteiger partial charge in [0.2, 0.25) is 5.95 Å². The van der Waals surface area contributed by atoms with Crippen LogP contribution in [0.1, 0.15) is 5.56 Å². The highest BCUT2D eigenvalue weighted by molar-refractivity contribution is 5.97. The van der Waals surface area contributed by atoms with Crippen molar-refractivity contribution in [2.45, 2.75) is 0 Å². The van der Waals surface area contributed by atoms with E-state index in [-0.39, 0.29) is 28.4 Å². The van der Waals surface area contributed by atoms with Crippen LogP contribution in [0.15, 0.2) is 29.1 Å². The first-order valence-corrected chi connectivity index (χ1v) is 6.83. The fraction of sp³-hybridized carbons (Fsp3) is 0.0667. The normalized spacial score (nSPS) is 10.4. The first kappa shape index (κ1) is 15.3. The van der Waals surface area contributed by atoms with E-state index in [1.807, 2.05) is 6.07 Å². The molecule has 3 aromatic rings. The zero-order chi connectivity index (χ0) is 17.3. The number of nitrogens with one attached hydrogen (secondary N) is 2. The van der Waals surface area contributed by atoms with E-state index in [0.29, 0.717) is 16.9 Å². The number of benzene rings is 1. The molecule has 0 saturated heterocycles. The third-order valence-electron chi connectivity index (χ3n) is 3.51. The Balaban J connectivity index is 2.43. The average molecular weight is 323 g/mol. The minimum absolute atomic E-state index is 0.0168. The predicted molar refractivity (Wildman–Crippen MR) is 89.1 cm³/mol. The highest BCUT2D eigenvalue weighted by Crippen LogP contribution is 2.32. The maximum absolute atomic E-state index is 12.4. The lowest BCUT2D eigenvalue weighted by Gasteiger charge is -2.11. The number of anilines is 2. The average Bonchev–Trinajstić information content (AvgIpc) is 2.60. The van der Waals surface area contributed by atoms with Crippen molar-refractivity contribution in [1.29, 1.82) is 5.26 Å². The predicted octanol–water partition coefficient (Wildman–Crippen LogP) is 0.733. The summed E-state index contributed by atoms with van der Waals surface area (Å²) in [6, 6.07) is 8.89. The molecule has 2 aromatic heterocycles. The highest BCUT2D eigenvalue weighted by Gasteiger charge is 2.19. The number of H-pyrrole nitrogens is 1. The smallest absolute Gasteiger partial charge is 0.262 e. The van der Waals surface area contributed by atoms with Gasteiger partial charge in [-0.05, 0) is 17.7 Å². The largest absolute Gasteiger partial charge is 0.497 e. The minimum Gasteiger partial charge on any atom is -0.497 e. The molecule has 9 nitrogen and oxygen atoms in total. The first-order chi connectivity index (χ1) is 11.6. The first-order valence-electron chi connectivity index (χ1n) is 6.83. The lowest BCUT2D eigenvalue weighted by atomic mass is 9.98. The van der Waals surface area contributed by atoms with Crippen LogP contribution in [0.3, 0.4) is 0 Å². The molecule has 120 valence electrons. The van der Waals surface area contributed by atoms with Crippen LogP contribution in [0.2, 0.25) is 0 Å². The Labute approximate surface area is 135 Å². The number of rotatable bonds is 3. The molecule has 0 unspecified atom stereocenters. The number of aromatic nitrogens is 3. The Bertz CT molecular complexity index is 1020. The molecule has 0 fully saturated rings. The van der Waals surface area contributed by atoms with Gasteiger partial charge < -0.3 is 10.5 Å². The van der Waals surface area contributed by atoms with E-state index < -0.39 is 5.56 Å². The second-order valence-electron chi connectivity index (χ2n) is 4.84. The Hall–Kier alpha value is -3.64. The van der Waals surface area contributed by atoms with Crippen molar-refractivity contribution in [2.75, 3.05) is 18.3 Å². The van der Waals surface area contributed by atoms with Crippen LogP contribution in [0.25, 0.3) is 22.2 Å². The van der Waals surface area contributed by atoms with Gasteiger partial charge in [-0.3, -0.25) is 15.2 Å². The van der Waals surface area contributed by atoms with Crippen molar-refractivity contribution in [2.24, 2.45) is 5.84 Å². The summed E-state index contributed by atoms with van der Waals surface area (Å²) in [4.78, 5) is 23.1. The molecule has 6 N–H and O–H groups in total. The number of hydrogen-bond acceptors (Lipinski definition) is 8. The topological polar surface area (TPSA) is 156 Å². The number of ether oxygens (including phenoxy) is 1. The van der Waals surface area contributed by atoms with E-state index in [1.165, 1.54) is 0 Å². The van der Waals surface area contributed by atoms with E-state index in [0.717, 1.165) is 0 Å². The monoisotopic (exact) mass is 323 g/mol. The SMILES string of the molecule is COc1ccc(-c2c(C#N)c(N)nc3nc(NN)[nH]c(=O)c23)cc1. The van der Waals surface area contributed by atoms with E-state index in [9.17, 15) is 10.1 Å². The van der Waals surface area contributed by atoms with Crippen molar-refractivity contribution >= 4 is 22.8 Å². The van der Waals surface area contributed by atoms with Crippen molar-refractivity contribution < 1.29 is 4.74 Å². The van der Waals surface area contributed by atoms with E-state index >= 15 is 0 Å². The van der Waals surface area contributed by atoms with Gasteiger partial charge in [0.25, 0.3) is 5.56 Å². The lowest BCUT2D eigenvalue weighted by Crippen LogP contribution is -2.18. The molecule has 0 spiro atoms. The molecule has 24 heavy (non-hydrogen) atoms. The zero-order valence-electron chi connectivity index (χ0n) is 12.6. The summed E-state index contributed by atoms with van der Waals surface area (Å²) in [5.74, 6) is 5.95. The van der Waals surface area contributed by atoms with Gasteiger partial charge in [0, 0.05) is 5.56 Å². The quantitative estimate of drug-likeness (QED) is 0.406. The van der Waals surface area contributed by atoms with E-state index in [2.05, 4.69) is 20.4 Å². The summed E-state index contributed by atoms with van der Waals surface area (Å²) >= 11 is 0. The Kier molecular flexibility index (Phi) is 3.73. The fourth-order valence-corrected chi connectivity index (χ4v) is 2.42. The standard InChI is InChI=1S/C15H13N7O2/c1-24-8-4-2-7(3-5-8)10-9(6-16)12(17)19-13-11(10)14(23)21-15(20-13)22-18/h2-5H,18H2,1H3,(H4,17,19,20,21,22,23). The molecule has 0 radical (unpaired) electrons. The maximum atomic E-state index is 12.4. The number of hydrogen-bond donors (Lipinski definition) is 4. The third kappa shape index (κ3) is 2.37. The van der Waals surface area contributed by atoms with Gasteiger partial charge in [-0.25, -0.2) is 10.8 Å².